The van der Waals surface area contributed by atoms with Crippen molar-refractivity contribution in [2.24, 2.45) is 17.1 Å². The van der Waals surface area contributed by atoms with E-state index in [4.69, 9.17) is 10.5 Å². The lowest BCUT2D eigenvalue weighted by atomic mass is 9.76. The number of carbonyl (C=O) groups is 1. The van der Waals surface area contributed by atoms with Crippen LogP contribution in [0.2, 0.25) is 0 Å². The zero-order valence-electron chi connectivity index (χ0n) is 12.6. The molecule has 3 heteroatoms. The Labute approximate surface area is 112 Å². The molecule has 0 bridgehead atoms. The first kappa shape index (κ1) is 17.4. The van der Waals surface area contributed by atoms with Crippen molar-refractivity contribution in [1.29, 1.82) is 0 Å². The van der Waals surface area contributed by atoms with Gasteiger partial charge in [-0.15, -0.1) is 0 Å². The van der Waals surface area contributed by atoms with Gasteiger partial charge in [0, 0.05) is 6.42 Å². The van der Waals surface area contributed by atoms with E-state index in [9.17, 15) is 4.79 Å². The van der Waals surface area contributed by atoms with Crippen LogP contribution in [0.1, 0.15) is 66.2 Å². The molecule has 1 unspecified atom stereocenters. The summed E-state index contributed by atoms with van der Waals surface area (Å²) in [7, 11) is 0. The Morgan fingerprint density at radius 2 is 1.89 bits per heavy atom. The Morgan fingerprint density at radius 1 is 1.22 bits per heavy atom. The minimum absolute atomic E-state index is 0.0580. The maximum Gasteiger partial charge on any atom is 0.305 e. The molecule has 0 saturated heterocycles. The van der Waals surface area contributed by atoms with E-state index in [0.717, 1.165) is 32.1 Å². The fraction of sp³-hybridized carbons (Fsp3) is 0.933. The molecule has 0 spiro atoms. The molecule has 0 fully saturated rings. The molecule has 2 N–H and O–H groups in total. The molecule has 0 rings (SSSR count). The van der Waals surface area contributed by atoms with Gasteiger partial charge in [-0.3, -0.25) is 4.79 Å². The van der Waals surface area contributed by atoms with E-state index in [1.54, 1.807) is 0 Å². The molecular weight excluding hydrogens is 226 g/mol. The Bertz CT molecular complexity index is 221. The van der Waals surface area contributed by atoms with Gasteiger partial charge >= 0.3 is 5.97 Å². The smallest absolute Gasteiger partial charge is 0.305 e. The van der Waals surface area contributed by atoms with Crippen LogP contribution in [-0.4, -0.2) is 19.1 Å². The van der Waals surface area contributed by atoms with E-state index in [0.29, 0.717) is 25.5 Å². The summed E-state index contributed by atoms with van der Waals surface area (Å²) < 4.78 is 5.22. The molecular formula is C15H31NO2. The third-order valence-electron chi connectivity index (χ3n) is 3.45. The van der Waals surface area contributed by atoms with Gasteiger partial charge in [0.1, 0.15) is 0 Å². The predicted octanol–water partition coefficient (Wildman–Crippen LogP) is 3.51. The van der Waals surface area contributed by atoms with Gasteiger partial charge in [-0.1, -0.05) is 40.5 Å². The van der Waals surface area contributed by atoms with Gasteiger partial charge in [-0.25, -0.2) is 0 Å². The third kappa shape index (κ3) is 8.51. The van der Waals surface area contributed by atoms with E-state index < -0.39 is 0 Å². The lowest BCUT2D eigenvalue weighted by molar-refractivity contribution is -0.144. The van der Waals surface area contributed by atoms with Gasteiger partial charge in [0.25, 0.3) is 0 Å². The second-order valence-corrected chi connectivity index (χ2v) is 6.11. The molecule has 1 atom stereocenters. The second kappa shape index (κ2) is 9.37. The standard InChI is InChI=1S/C15H31NO2/c1-5-6-7-12-18-14(17)9-8-13(10-11-16)15(2,3)4/h13H,5-12,16H2,1-4H3. The number of hydrogen-bond donors (Lipinski definition) is 1. The zero-order valence-corrected chi connectivity index (χ0v) is 12.6. The quantitative estimate of drug-likeness (QED) is 0.508. The molecule has 0 amide bonds. The summed E-state index contributed by atoms with van der Waals surface area (Å²) in [5.41, 5.74) is 5.84. The minimum Gasteiger partial charge on any atom is -0.466 e. The number of hydrogen-bond acceptors (Lipinski definition) is 3. The average molecular weight is 257 g/mol. The van der Waals surface area contributed by atoms with Gasteiger partial charge in [-0.2, -0.15) is 0 Å². The third-order valence-corrected chi connectivity index (χ3v) is 3.45. The van der Waals surface area contributed by atoms with Crippen LogP contribution < -0.4 is 5.73 Å². The molecule has 18 heavy (non-hydrogen) atoms. The highest BCUT2D eigenvalue weighted by atomic mass is 16.5. The van der Waals surface area contributed by atoms with Crippen LogP contribution in [0.25, 0.3) is 0 Å². The minimum atomic E-state index is -0.0580. The number of nitrogens with two attached hydrogens (primary N) is 1. The number of rotatable bonds is 9. The first-order chi connectivity index (χ1) is 8.41. The highest BCUT2D eigenvalue weighted by molar-refractivity contribution is 5.69. The van der Waals surface area contributed by atoms with Crippen molar-refractivity contribution in [2.75, 3.05) is 13.2 Å². The van der Waals surface area contributed by atoms with Gasteiger partial charge in [0.05, 0.1) is 6.61 Å². The first-order valence-corrected chi connectivity index (χ1v) is 7.27. The van der Waals surface area contributed by atoms with Crippen LogP contribution in [0, 0.1) is 11.3 Å². The summed E-state index contributed by atoms with van der Waals surface area (Å²) in [5, 5.41) is 0. The average Bonchev–Trinajstić information content (AvgIpc) is 2.28. The highest BCUT2D eigenvalue weighted by Crippen LogP contribution is 2.32. The summed E-state index contributed by atoms with van der Waals surface area (Å²) in [6.45, 7) is 10.0. The Kier molecular flexibility index (Phi) is 9.08. The van der Waals surface area contributed by atoms with Crippen LogP contribution in [0.3, 0.4) is 0 Å². The molecule has 108 valence electrons. The van der Waals surface area contributed by atoms with E-state index in [1.165, 1.54) is 0 Å². The lowest BCUT2D eigenvalue weighted by Gasteiger charge is -2.30. The van der Waals surface area contributed by atoms with E-state index in [2.05, 4.69) is 27.7 Å². The molecule has 0 aliphatic carbocycles. The van der Waals surface area contributed by atoms with Crippen LogP contribution in [0.5, 0.6) is 0 Å². The van der Waals surface area contributed by atoms with Gasteiger partial charge in [0.2, 0.25) is 0 Å². The van der Waals surface area contributed by atoms with E-state index in [1.807, 2.05) is 0 Å². The highest BCUT2D eigenvalue weighted by Gasteiger charge is 2.24. The van der Waals surface area contributed by atoms with Crippen molar-refractivity contribution in [3.05, 3.63) is 0 Å². The number of unbranched alkanes of at least 4 members (excludes halogenated alkanes) is 2. The van der Waals surface area contributed by atoms with E-state index in [-0.39, 0.29) is 11.4 Å². The monoisotopic (exact) mass is 257 g/mol. The summed E-state index contributed by atoms with van der Waals surface area (Å²) in [5.74, 6) is 0.433. The summed E-state index contributed by atoms with van der Waals surface area (Å²) in [4.78, 5) is 11.6. The fourth-order valence-corrected chi connectivity index (χ4v) is 2.11. The number of esters is 1. The molecule has 0 aliphatic rings. The Morgan fingerprint density at radius 3 is 2.39 bits per heavy atom. The molecule has 0 aromatic carbocycles. The predicted molar refractivity (Wildman–Crippen MR) is 76.3 cm³/mol. The summed E-state index contributed by atoms with van der Waals surface area (Å²) in [6.07, 6.45) is 5.65. The van der Waals surface area contributed by atoms with Gasteiger partial charge in [0.15, 0.2) is 0 Å². The first-order valence-electron chi connectivity index (χ1n) is 7.27. The molecule has 0 saturated carbocycles. The number of ether oxygens (including phenoxy) is 1. The zero-order chi connectivity index (χ0) is 14.0. The molecule has 3 nitrogen and oxygen atoms in total. The summed E-state index contributed by atoms with van der Waals surface area (Å²) >= 11 is 0. The van der Waals surface area contributed by atoms with E-state index >= 15 is 0 Å². The van der Waals surface area contributed by atoms with Crippen LogP contribution >= 0.6 is 0 Å². The topological polar surface area (TPSA) is 52.3 Å². The molecule has 0 radical (unpaired) electrons. The number of carbonyl (C=O) groups excluding carboxylic acids is 1. The van der Waals surface area contributed by atoms with Crippen LogP contribution in [-0.2, 0) is 9.53 Å². The van der Waals surface area contributed by atoms with Gasteiger partial charge < -0.3 is 10.5 Å². The van der Waals surface area contributed by atoms with Gasteiger partial charge in [-0.05, 0) is 37.1 Å². The SMILES string of the molecule is CCCCCOC(=O)CCC(CCN)C(C)(C)C. The van der Waals surface area contributed by atoms with Crippen molar-refractivity contribution >= 4 is 5.97 Å². The Balaban J connectivity index is 3.86. The maximum atomic E-state index is 11.6. The van der Waals surface area contributed by atoms with Crippen molar-refractivity contribution in [3.8, 4) is 0 Å². The van der Waals surface area contributed by atoms with Crippen molar-refractivity contribution in [3.63, 3.8) is 0 Å². The lowest BCUT2D eigenvalue weighted by Crippen LogP contribution is -2.24. The molecule has 0 aliphatic heterocycles. The van der Waals surface area contributed by atoms with Crippen molar-refractivity contribution < 1.29 is 9.53 Å². The molecule has 0 aromatic heterocycles. The van der Waals surface area contributed by atoms with Crippen molar-refractivity contribution in [2.45, 2.75) is 66.2 Å². The maximum absolute atomic E-state index is 11.6. The largest absolute Gasteiger partial charge is 0.466 e. The summed E-state index contributed by atoms with van der Waals surface area (Å²) in [6, 6.07) is 0. The molecule has 0 aromatic rings. The van der Waals surface area contributed by atoms with Crippen LogP contribution in [0.4, 0.5) is 0 Å². The molecule has 0 heterocycles. The van der Waals surface area contributed by atoms with Crippen LogP contribution in [0.15, 0.2) is 0 Å². The Hall–Kier alpha value is -0.570. The van der Waals surface area contributed by atoms with Crippen molar-refractivity contribution in [1.82, 2.24) is 0 Å². The fourth-order valence-electron chi connectivity index (χ4n) is 2.11. The normalized spacial score (nSPS) is 13.4. The second-order valence-electron chi connectivity index (χ2n) is 6.11.